The first-order valence-electron chi connectivity index (χ1n) is 10.9. The second-order valence-corrected chi connectivity index (χ2v) is 8.69. The maximum atomic E-state index is 12.0. The topological polar surface area (TPSA) is 41.5 Å². The van der Waals surface area contributed by atoms with E-state index in [1.54, 1.807) is 7.11 Å². The molecule has 0 radical (unpaired) electrons. The van der Waals surface area contributed by atoms with Crippen LogP contribution < -0.4 is 10.1 Å². The molecule has 1 saturated carbocycles. The Kier molecular flexibility index (Phi) is 5.10. The van der Waals surface area contributed by atoms with E-state index in [2.05, 4.69) is 59.9 Å². The summed E-state index contributed by atoms with van der Waals surface area (Å²) in [4.78, 5) is 0. The van der Waals surface area contributed by atoms with Gasteiger partial charge in [-0.25, -0.2) is 0 Å². The van der Waals surface area contributed by atoms with Crippen LogP contribution in [0.5, 0.6) is 5.75 Å². The van der Waals surface area contributed by atoms with Crippen molar-refractivity contribution in [2.45, 2.75) is 30.4 Å². The molecular weight excluding hydrogens is 370 g/mol. The third-order valence-electron chi connectivity index (χ3n) is 7.30. The summed E-state index contributed by atoms with van der Waals surface area (Å²) in [6.45, 7) is 0.816. The first-order chi connectivity index (χ1) is 14.7. The summed E-state index contributed by atoms with van der Waals surface area (Å²) in [5.41, 5.74) is 2.89. The van der Waals surface area contributed by atoms with Gasteiger partial charge >= 0.3 is 0 Å². The van der Waals surface area contributed by atoms with Crippen molar-refractivity contribution in [3.8, 4) is 5.75 Å². The number of aliphatic hydroxyl groups is 1. The van der Waals surface area contributed by atoms with Crippen molar-refractivity contribution >= 4 is 0 Å². The summed E-state index contributed by atoms with van der Waals surface area (Å²) in [5, 5.41) is 15.7. The highest BCUT2D eigenvalue weighted by atomic mass is 16.5. The second-order valence-electron chi connectivity index (χ2n) is 8.69. The van der Waals surface area contributed by atoms with Crippen LogP contribution in [-0.2, 0) is 5.60 Å². The molecule has 3 heteroatoms. The molecular formula is C27H29NO2. The van der Waals surface area contributed by atoms with Crippen LogP contribution >= 0.6 is 0 Å². The van der Waals surface area contributed by atoms with Crippen LogP contribution in [0.1, 0.15) is 41.5 Å². The Hall–Kier alpha value is -2.62. The molecule has 2 aliphatic rings. The van der Waals surface area contributed by atoms with E-state index >= 15 is 0 Å². The zero-order chi connectivity index (χ0) is 20.6. The standard InChI is InChI=1S/C27H29NO2/c1-30-22-14-12-20(13-15-22)26-25-23(19-8-4-2-5-9-19)16-17-27(29,24(25)18-28-26)21-10-6-3-7-11-21/h2-15,23-26,28-29H,16-18H2,1H3. The average molecular weight is 400 g/mol. The minimum absolute atomic E-state index is 0.158. The lowest BCUT2D eigenvalue weighted by atomic mass is 9.59. The van der Waals surface area contributed by atoms with Crippen molar-refractivity contribution in [3.63, 3.8) is 0 Å². The number of benzene rings is 3. The fourth-order valence-electron chi connectivity index (χ4n) is 5.84. The number of fused-ring (bicyclic) bond motifs is 1. The van der Waals surface area contributed by atoms with Gasteiger partial charge in [0.15, 0.2) is 0 Å². The Morgan fingerprint density at radius 1 is 0.867 bits per heavy atom. The van der Waals surface area contributed by atoms with Crippen molar-refractivity contribution in [1.82, 2.24) is 5.32 Å². The smallest absolute Gasteiger partial charge is 0.118 e. The van der Waals surface area contributed by atoms with Crippen molar-refractivity contribution in [2.75, 3.05) is 13.7 Å². The summed E-state index contributed by atoms with van der Waals surface area (Å²) in [7, 11) is 1.70. The Labute approximate surface area is 178 Å². The molecule has 5 rings (SSSR count). The van der Waals surface area contributed by atoms with Gasteiger partial charge in [-0.2, -0.15) is 0 Å². The lowest BCUT2D eigenvalue weighted by Crippen LogP contribution is -2.45. The average Bonchev–Trinajstić information content (AvgIpc) is 3.27. The van der Waals surface area contributed by atoms with Gasteiger partial charge in [0, 0.05) is 18.5 Å². The molecule has 3 nitrogen and oxygen atoms in total. The second kappa shape index (κ2) is 7.90. The fourth-order valence-corrected chi connectivity index (χ4v) is 5.84. The predicted molar refractivity (Wildman–Crippen MR) is 119 cm³/mol. The van der Waals surface area contributed by atoms with Gasteiger partial charge in [-0.3, -0.25) is 0 Å². The normalized spacial score (nSPS) is 30.6. The van der Waals surface area contributed by atoms with Gasteiger partial charge in [-0.05, 0) is 53.5 Å². The molecule has 1 heterocycles. The molecule has 1 saturated heterocycles. The van der Waals surface area contributed by atoms with E-state index in [0.717, 1.165) is 30.7 Å². The molecule has 5 atom stereocenters. The van der Waals surface area contributed by atoms with Crippen LogP contribution in [0.15, 0.2) is 84.9 Å². The fraction of sp³-hybridized carbons (Fsp3) is 0.333. The maximum absolute atomic E-state index is 12.0. The van der Waals surface area contributed by atoms with Crippen LogP contribution in [0.3, 0.4) is 0 Å². The van der Waals surface area contributed by atoms with Gasteiger partial charge in [0.1, 0.15) is 5.75 Å². The van der Waals surface area contributed by atoms with Gasteiger partial charge in [0.2, 0.25) is 0 Å². The summed E-state index contributed by atoms with van der Waals surface area (Å²) in [5.74, 6) is 1.77. The van der Waals surface area contributed by atoms with Crippen LogP contribution in [-0.4, -0.2) is 18.8 Å². The first kappa shape index (κ1) is 19.3. The molecule has 3 aromatic carbocycles. The number of hydrogen-bond acceptors (Lipinski definition) is 3. The lowest BCUT2D eigenvalue weighted by Gasteiger charge is -2.47. The molecule has 2 fully saturated rings. The number of methoxy groups -OCH3 is 1. The number of hydrogen-bond donors (Lipinski definition) is 2. The SMILES string of the molecule is COc1ccc(C2NCC3C2C(c2ccccc2)CCC3(O)c2ccccc2)cc1. The van der Waals surface area contributed by atoms with Crippen molar-refractivity contribution < 1.29 is 9.84 Å². The number of rotatable bonds is 4. The van der Waals surface area contributed by atoms with Crippen molar-refractivity contribution in [3.05, 3.63) is 102 Å². The third-order valence-corrected chi connectivity index (χ3v) is 7.30. The Morgan fingerprint density at radius 3 is 2.20 bits per heavy atom. The lowest BCUT2D eigenvalue weighted by molar-refractivity contribution is -0.0743. The van der Waals surface area contributed by atoms with Crippen LogP contribution in [0.25, 0.3) is 0 Å². The Balaban J connectivity index is 1.56. The molecule has 0 amide bonds. The van der Waals surface area contributed by atoms with E-state index in [9.17, 15) is 5.11 Å². The quantitative estimate of drug-likeness (QED) is 0.646. The minimum Gasteiger partial charge on any atom is -0.497 e. The highest BCUT2D eigenvalue weighted by Crippen LogP contribution is 2.56. The molecule has 0 spiro atoms. The summed E-state index contributed by atoms with van der Waals surface area (Å²) < 4.78 is 5.36. The Bertz CT molecular complexity index is 973. The number of ether oxygens (including phenoxy) is 1. The summed E-state index contributed by atoms with van der Waals surface area (Å²) in [6, 6.07) is 29.7. The monoisotopic (exact) mass is 399 g/mol. The predicted octanol–water partition coefficient (Wildman–Crippen LogP) is 5.04. The largest absolute Gasteiger partial charge is 0.497 e. The molecule has 2 N–H and O–H groups in total. The first-order valence-corrected chi connectivity index (χ1v) is 10.9. The zero-order valence-electron chi connectivity index (χ0n) is 17.4. The molecule has 3 aromatic rings. The van der Waals surface area contributed by atoms with E-state index in [4.69, 9.17) is 4.74 Å². The summed E-state index contributed by atoms with van der Waals surface area (Å²) in [6.07, 6.45) is 1.76. The van der Waals surface area contributed by atoms with Gasteiger partial charge in [-0.1, -0.05) is 72.8 Å². The maximum Gasteiger partial charge on any atom is 0.118 e. The van der Waals surface area contributed by atoms with E-state index in [0.29, 0.717) is 11.8 Å². The van der Waals surface area contributed by atoms with E-state index in [1.165, 1.54) is 11.1 Å². The van der Waals surface area contributed by atoms with Crippen molar-refractivity contribution in [1.29, 1.82) is 0 Å². The Morgan fingerprint density at radius 2 is 1.53 bits per heavy atom. The van der Waals surface area contributed by atoms with Gasteiger partial charge < -0.3 is 15.2 Å². The molecule has 5 unspecified atom stereocenters. The van der Waals surface area contributed by atoms with Crippen LogP contribution in [0.4, 0.5) is 0 Å². The minimum atomic E-state index is -0.800. The highest BCUT2D eigenvalue weighted by Gasteiger charge is 2.55. The molecule has 30 heavy (non-hydrogen) atoms. The molecule has 0 aromatic heterocycles. The van der Waals surface area contributed by atoms with Gasteiger partial charge in [-0.15, -0.1) is 0 Å². The molecule has 1 aliphatic carbocycles. The third kappa shape index (κ3) is 3.23. The molecule has 1 aliphatic heterocycles. The zero-order valence-corrected chi connectivity index (χ0v) is 17.4. The van der Waals surface area contributed by atoms with E-state index in [-0.39, 0.29) is 12.0 Å². The van der Waals surface area contributed by atoms with Gasteiger partial charge in [0.05, 0.1) is 12.7 Å². The van der Waals surface area contributed by atoms with Crippen LogP contribution in [0, 0.1) is 11.8 Å². The summed E-state index contributed by atoms with van der Waals surface area (Å²) >= 11 is 0. The molecule has 154 valence electrons. The van der Waals surface area contributed by atoms with E-state index in [1.807, 2.05) is 30.3 Å². The van der Waals surface area contributed by atoms with Gasteiger partial charge in [0.25, 0.3) is 0 Å². The number of nitrogens with one attached hydrogen (secondary N) is 1. The van der Waals surface area contributed by atoms with Crippen molar-refractivity contribution in [2.24, 2.45) is 11.8 Å². The van der Waals surface area contributed by atoms with Crippen LogP contribution in [0.2, 0.25) is 0 Å². The van der Waals surface area contributed by atoms with E-state index < -0.39 is 5.60 Å². The molecule has 0 bridgehead atoms. The highest BCUT2D eigenvalue weighted by molar-refractivity contribution is 5.35.